The van der Waals surface area contributed by atoms with Gasteiger partial charge in [0.05, 0.1) is 23.4 Å². The van der Waals surface area contributed by atoms with Crippen molar-refractivity contribution in [3.63, 3.8) is 0 Å². The molecule has 0 atom stereocenters. The summed E-state index contributed by atoms with van der Waals surface area (Å²) in [5.41, 5.74) is 1.97. The fraction of sp³-hybridized carbons (Fsp3) is 0.0625. The number of hydrogen-bond acceptors (Lipinski definition) is 2. The zero-order chi connectivity index (χ0) is 15.7. The number of carbonyl (C=O) groups is 1. The van der Waals surface area contributed by atoms with E-state index in [1.807, 2.05) is 0 Å². The van der Waals surface area contributed by atoms with Crippen LogP contribution in [-0.2, 0) is 11.2 Å². The summed E-state index contributed by atoms with van der Waals surface area (Å²) in [5.74, 6) is -0.202. The lowest BCUT2D eigenvalue weighted by molar-refractivity contribution is -0.115. The summed E-state index contributed by atoms with van der Waals surface area (Å²) < 4.78 is 5.41. The van der Waals surface area contributed by atoms with E-state index in [-0.39, 0.29) is 12.3 Å². The zero-order valence-corrected chi connectivity index (χ0v) is 13.5. The van der Waals surface area contributed by atoms with Crippen molar-refractivity contribution in [3.05, 3.63) is 63.3 Å². The SMILES string of the molecule is O=C(Cc1coc2ccc(Cl)cc12)Nc1ccc(Cl)cc1Cl. The van der Waals surface area contributed by atoms with Gasteiger partial charge in [0.1, 0.15) is 5.58 Å². The van der Waals surface area contributed by atoms with E-state index in [0.717, 1.165) is 10.9 Å². The van der Waals surface area contributed by atoms with Gasteiger partial charge in [-0.1, -0.05) is 34.8 Å². The molecule has 0 saturated carbocycles. The number of halogens is 3. The molecule has 3 rings (SSSR count). The normalized spacial score (nSPS) is 10.9. The maximum atomic E-state index is 12.2. The van der Waals surface area contributed by atoms with Crippen LogP contribution >= 0.6 is 34.8 Å². The number of nitrogens with one attached hydrogen (secondary N) is 1. The highest BCUT2D eigenvalue weighted by Crippen LogP contribution is 2.27. The Labute approximate surface area is 141 Å². The van der Waals surface area contributed by atoms with E-state index in [4.69, 9.17) is 39.2 Å². The third-order valence-corrected chi connectivity index (χ3v) is 3.95. The molecule has 0 aliphatic rings. The summed E-state index contributed by atoms with van der Waals surface area (Å²) in [7, 11) is 0. The van der Waals surface area contributed by atoms with E-state index in [2.05, 4.69) is 5.32 Å². The summed E-state index contributed by atoms with van der Waals surface area (Å²) in [4.78, 5) is 12.2. The Kier molecular flexibility index (Phi) is 4.30. The van der Waals surface area contributed by atoms with Gasteiger partial charge in [-0.25, -0.2) is 0 Å². The van der Waals surface area contributed by atoms with Crippen LogP contribution in [0.15, 0.2) is 47.1 Å². The summed E-state index contributed by atoms with van der Waals surface area (Å²) in [6.07, 6.45) is 1.72. The molecule has 1 heterocycles. The van der Waals surface area contributed by atoms with Gasteiger partial charge in [-0.15, -0.1) is 0 Å². The minimum atomic E-state index is -0.202. The minimum absolute atomic E-state index is 0.159. The van der Waals surface area contributed by atoms with Crippen LogP contribution in [0.2, 0.25) is 15.1 Å². The van der Waals surface area contributed by atoms with Gasteiger partial charge in [0.25, 0.3) is 0 Å². The van der Waals surface area contributed by atoms with E-state index < -0.39 is 0 Å². The van der Waals surface area contributed by atoms with Gasteiger partial charge in [-0.3, -0.25) is 4.79 Å². The Morgan fingerprint density at radius 3 is 2.55 bits per heavy atom. The Morgan fingerprint density at radius 1 is 1.05 bits per heavy atom. The van der Waals surface area contributed by atoms with Crippen LogP contribution in [0.4, 0.5) is 5.69 Å². The summed E-state index contributed by atoms with van der Waals surface area (Å²) >= 11 is 17.8. The second kappa shape index (κ2) is 6.21. The van der Waals surface area contributed by atoms with E-state index in [9.17, 15) is 4.79 Å². The molecule has 0 saturated heterocycles. The Balaban J connectivity index is 1.79. The lowest BCUT2D eigenvalue weighted by atomic mass is 10.1. The summed E-state index contributed by atoms with van der Waals surface area (Å²) in [5, 5.41) is 5.07. The maximum absolute atomic E-state index is 12.2. The second-order valence-corrected chi connectivity index (χ2v) is 6.03. The van der Waals surface area contributed by atoms with Crippen LogP contribution in [0.3, 0.4) is 0 Å². The van der Waals surface area contributed by atoms with Gasteiger partial charge in [-0.2, -0.15) is 0 Å². The quantitative estimate of drug-likeness (QED) is 0.667. The van der Waals surface area contributed by atoms with Crippen molar-refractivity contribution in [2.24, 2.45) is 0 Å². The summed E-state index contributed by atoms with van der Waals surface area (Å²) in [6.45, 7) is 0. The highest BCUT2D eigenvalue weighted by atomic mass is 35.5. The molecule has 0 spiro atoms. The van der Waals surface area contributed by atoms with Crippen LogP contribution in [0.25, 0.3) is 11.0 Å². The fourth-order valence-corrected chi connectivity index (χ4v) is 2.78. The van der Waals surface area contributed by atoms with Crippen molar-refractivity contribution in [1.29, 1.82) is 0 Å². The summed E-state index contributed by atoms with van der Waals surface area (Å²) in [6, 6.07) is 10.2. The third-order valence-electron chi connectivity index (χ3n) is 3.17. The molecule has 3 aromatic rings. The molecule has 1 aromatic heterocycles. The predicted octanol–water partition coefficient (Wildman–Crippen LogP) is 5.57. The minimum Gasteiger partial charge on any atom is -0.464 e. The molecule has 1 N–H and O–H groups in total. The highest BCUT2D eigenvalue weighted by molar-refractivity contribution is 6.36. The van der Waals surface area contributed by atoms with Crippen molar-refractivity contribution < 1.29 is 9.21 Å². The van der Waals surface area contributed by atoms with Crippen LogP contribution < -0.4 is 5.32 Å². The molecule has 0 aliphatic heterocycles. The number of furan rings is 1. The Morgan fingerprint density at radius 2 is 1.77 bits per heavy atom. The van der Waals surface area contributed by atoms with Crippen molar-refractivity contribution in [3.8, 4) is 0 Å². The van der Waals surface area contributed by atoms with Crippen LogP contribution in [0, 0.1) is 0 Å². The molecular weight excluding hydrogens is 345 g/mol. The number of benzene rings is 2. The zero-order valence-electron chi connectivity index (χ0n) is 11.2. The maximum Gasteiger partial charge on any atom is 0.228 e. The van der Waals surface area contributed by atoms with Gasteiger partial charge in [0.2, 0.25) is 5.91 Å². The largest absolute Gasteiger partial charge is 0.464 e. The average molecular weight is 355 g/mol. The first-order valence-corrected chi connectivity index (χ1v) is 7.57. The number of fused-ring (bicyclic) bond motifs is 1. The van der Waals surface area contributed by atoms with E-state index in [1.54, 1.807) is 42.7 Å². The number of carbonyl (C=O) groups excluding carboxylic acids is 1. The molecule has 6 heteroatoms. The molecular formula is C16H10Cl3NO2. The first-order chi connectivity index (χ1) is 10.5. The average Bonchev–Trinajstić information content (AvgIpc) is 2.84. The van der Waals surface area contributed by atoms with Crippen LogP contribution in [-0.4, -0.2) is 5.91 Å². The van der Waals surface area contributed by atoms with Gasteiger partial charge in [-0.05, 0) is 36.4 Å². The van der Waals surface area contributed by atoms with Crippen LogP contribution in [0.5, 0.6) is 0 Å². The van der Waals surface area contributed by atoms with Gasteiger partial charge >= 0.3 is 0 Å². The molecule has 0 fully saturated rings. The predicted molar refractivity (Wildman–Crippen MR) is 90.0 cm³/mol. The van der Waals surface area contributed by atoms with E-state index in [0.29, 0.717) is 26.3 Å². The second-order valence-electron chi connectivity index (χ2n) is 4.75. The molecule has 0 unspecified atom stereocenters. The Hall–Kier alpha value is -1.68. The molecule has 112 valence electrons. The first kappa shape index (κ1) is 15.2. The van der Waals surface area contributed by atoms with Gasteiger partial charge in [0, 0.05) is 21.0 Å². The molecule has 2 aromatic carbocycles. The van der Waals surface area contributed by atoms with E-state index in [1.165, 1.54) is 0 Å². The van der Waals surface area contributed by atoms with Crippen molar-refractivity contribution in [1.82, 2.24) is 0 Å². The Bertz CT molecular complexity index is 858. The number of amides is 1. The van der Waals surface area contributed by atoms with Gasteiger partial charge in [0.15, 0.2) is 0 Å². The standard InChI is InChI=1S/C16H10Cl3NO2/c17-10-2-4-15-12(6-10)9(8-22-15)5-16(21)20-14-3-1-11(18)7-13(14)19/h1-4,6-8H,5H2,(H,20,21). The number of anilines is 1. The van der Waals surface area contributed by atoms with E-state index >= 15 is 0 Å². The first-order valence-electron chi connectivity index (χ1n) is 6.43. The smallest absolute Gasteiger partial charge is 0.228 e. The lowest BCUT2D eigenvalue weighted by Crippen LogP contribution is -2.14. The molecule has 1 amide bonds. The van der Waals surface area contributed by atoms with Crippen molar-refractivity contribution >= 4 is 57.4 Å². The molecule has 0 aliphatic carbocycles. The highest BCUT2D eigenvalue weighted by Gasteiger charge is 2.12. The molecule has 22 heavy (non-hydrogen) atoms. The monoisotopic (exact) mass is 353 g/mol. The van der Waals surface area contributed by atoms with Gasteiger partial charge < -0.3 is 9.73 Å². The molecule has 0 bridgehead atoms. The van der Waals surface area contributed by atoms with Crippen molar-refractivity contribution in [2.75, 3.05) is 5.32 Å². The third kappa shape index (κ3) is 3.22. The fourth-order valence-electron chi connectivity index (χ4n) is 2.15. The number of rotatable bonds is 3. The van der Waals surface area contributed by atoms with Crippen LogP contribution in [0.1, 0.15) is 5.56 Å². The molecule has 0 radical (unpaired) electrons. The topological polar surface area (TPSA) is 42.2 Å². The van der Waals surface area contributed by atoms with Crippen molar-refractivity contribution in [2.45, 2.75) is 6.42 Å². The number of hydrogen-bond donors (Lipinski definition) is 1. The molecule has 3 nitrogen and oxygen atoms in total. The lowest BCUT2D eigenvalue weighted by Gasteiger charge is -2.07.